The largest absolute Gasteiger partial charge is 0.491 e. The van der Waals surface area contributed by atoms with Gasteiger partial charge in [-0.1, -0.05) is 25.1 Å². The van der Waals surface area contributed by atoms with Crippen LogP contribution in [0, 0.1) is 0 Å². The van der Waals surface area contributed by atoms with Crippen molar-refractivity contribution in [2.75, 3.05) is 39.5 Å². The highest BCUT2D eigenvalue weighted by molar-refractivity contribution is 5.85. The van der Waals surface area contributed by atoms with Gasteiger partial charge < -0.3 is 19.7 Å². The maximum absolute atomic E-state index is 12.3. The van der Waals surface area contributed by atoms with Crippen LogP contribution in [-0.4, -0.2) is 56.3 Å². The number of halogens is 1. The van der Waals surface area contributed by atoms with E-state index in [0.29, 0.717) is 19.3 Å². The van der Waals surface area contributed by atoms with E-state index in [0.717, 1.165) is 38.2 Å². The highest BCUT2D eigenvalue weighted by Crippen LogP contribution is 2.10. The molecule has 0 aliphatic carbocycles. The molecule has 1 aromatic carbocycles. The van der Waals surface area contributed by atoms with E-state index < -0.39 is 0 Å². The Morgan fingerprint density at radius 3 is 2.74 bits per heavy atom. The van der Waals surface area contributed by atoms with Gasteiger partial charge in [0.25, 0.3) is 0 Å². The Morgan fingerprint density at radius 2 is 2.09 bits per heavy atom. The number of rotatable bonds is 9. The lowest BCUT2D eigenvalue weighted by molar-refractivity contribution is -0.138. The van der Waals surface area contributed by atoms with Crippen molar-refractivity contribution in [1.29, 1.82) is 0 Å². The topological polar surface area (TPSA) is 50.8 Å². The molecule has 1 saturated heterocycles. The molecule has 0 radical (unpaired) electrons. The van der Waals surface area contributed by atoms with E-state index in [1.165, 1.54) is 0 Å². The monoisotopic (exact) mass is 342 g/mol. The Hall–Kier alpha value is -1.30. The highest BCUT2D eigenvalue weighted by Gasteiger charge is 2.25. The molecule has 1 unspecified atom stereocenters. The number of amides is 1. The van der Waals surface area contributed by atoms with E-state index in [-0.39, 0.29) is 24.9 Å². The van der Waals surface area contributed by atoms with Crippen LogP contribution in [-0.2, 0) is 9.53 Å². The van der Waals surface area contributed by atoms with Crippen molar-refractivity contribution >= 4 is 18.3 Å². The Kier molecular flexibility index (Phi) is 9.67. The summed E-state index contributed by atoms with van der Waals surface area (Å²) in [4.78, 5) is 14.2. The van der Waals surface area contributed by atoms with Gasteiger partial charge in [0.05, 0.1) is 6.61 Å². The highest BCUT2D eigenvalue weighted by atomic mass is 35.5. The summed E-state index contributed by atoms with van der Waals surface area (Å²) in [6, 6.07) is 9.93. The van der Waals surface area contributed by atoms with Gasteiger partial charge in [0.2, 0.25) is 5.91 Å². The Morgan fingerprint density at radius 1 is 1.30 bits per heavy atom. The summed E-state index contributed by atoms with van der Waals surface area (Å²) in [5.74, 6) is 0.900. The van der Waals surface area contributed by atoms with Crippen LogP contribution < -0.4 is 10.1 Å². The number of para-hydroxylation sites is 1. The fourth-order valence-electron chi connectivity index (χ4n) is 2.63. The van der Waals surface area contributed by atoms with Crippen LogP contribution in [0.1, 0.15) is 19.8 Å². The zero-order valence-electron chi connectivity index (χ0n) is 13.7. The average molecular weight is 343 g/mol. The molecule has 6 heteroatoms. The maximum atomic E-state index is 12.3. The van der Waals surface area contributed by atoms with Crippen LogP contribution in [0.3, 0.4) is 0 Å². The SMILES string of the molecule is CCCN(C(=O)COCCOc1ccccc1)C1CCNC1.Cl. The molecular weight excluding hydrogens is 316 g/mol. The number of hydrogen-bond donors (Lipinski definition) is 1. The van der Waals surface area contributed by atoms with Crippen LogP contribution in [0.2, 0.25) is 0 Å². The van der Waals surface area contributed by atoms with Crippen LogP contribution >= 0.6 is 12.4 Å². The average Bonchev–Trinajstić information content (AvgIpc) is 3.07. The summed E-state index contributed by atoms with van der Waals surface area (Å²) in [7, 11) is 0. The minimum Gasteiger partial charge on any atom is -0.491 e. The van der Waals surface area contributed by atoms with E-state index in [9.17, 15) is 4.79 Å². The molecule has 5 nitrogen and oxygen atoms in total. The van der Waals surface area contributed by atoms with E-state index >= 15 is 0 Å². The van der Waals surface area contributed by atoms with Gasteiger partial charge >= 0.3 is 0 Å². The lowest BCUT2D eigenvalue weighted by atomic mass is 10.2. The number of carbonyl (C=O) groups is 1. The predicted molar refractivity (Wildman–Crippen MR) is 93.3 cm³/mol. The van der Waals surface area contributed by atoms with Gasteiger partial charge in [0.15, 0.2) is 0 Å². The van der Waals surface area contributed by atoms with Crippen molar-refractivity contribution in [1.82, 2.24) is 10.2 Å². The lowest BCUT2D eigenvalue weighted by Crippen LogP contribution is -2.44. The molecule has 1 N–H and O–H groups in total. The maximum Gasteiger partial charge on any atom is 0.248 e. The minimum atomic E-state index is 0. The standard InChI is InChI=1S/C17H26N2O3.ClH/c1-2-10-19(15-8-9-18-13-15)17(20)14-21-11-12-22-16-6-4-3-5-7-16;/h3-7,15,18H,2,8-14H2,1H3;1H. The summed E-state index contributed by atoms with van der Waals surface area (Å²) in [5, 5.41) is 3.31. The van der Waals surface area contributed by atoms with Crippen LogP contribution in [0.5, 0.6) is 5.75 Å². The zero-order valence-corrected chi connectivity index (χ0v) is 14.5. The molecule has 1 aliphatic heterocycles. The molecule has 1 atom stereocenters. The molecule has 1 amide bonds. The third-order valence-electron chi connectivity index (χ3n) is 3.73. The van der Waals surface area contributed by atoms with Crippen molar-refractivity contribution in [3.05, 3.63) is 30.3 Å². The summed E-state index contributed by atoms with van der Waals surface area (Å²) in [5.41, 5.74) is 0. The van der Waals surface area contributed by atoms with Crippen molar-refractivity contribution in [2.45, 2.75) is 25.8 Å². The number of nitrogens with one attached hydrogen (secondary N) is 1. The molecule has 1 aliphatic rings. The third-order valence-corrected chi connectivity index (χ3v) is 3.73. The first kappa shape index (κ1) is 19.7. The summed E-state index contributed by atoms with van der Waals surface area (Å²) >= 11 is 0. The van der Waals surface area contributed by atoms with Gasteiger partial charge in [-0.2, -0.15) is 0 Å². The summed E-state index contributed by atoms with van der Waals surface area (Å²) in [6.45, 7) is 5.79. The fourth-order valence-corrected chi connectivity index (χ4v) is 2.63. The first-order valence-electron chi connectivity index (χ1n) is 8.07. The second-order valence-electron chi connectivity index (χ2n) is 5.45. The zero-order chi connectivity index (χ0) is 15.6. The van der Waals surface area contributed by atoms with Gasteiger partial charge in [0, 0.05) is 19.1 Å². The lowest BCUT2D eigenvalue weighted by Gasteiger charge is -2.28. The second-order valence-corrected chi connectivity index (χ2v) is 5.45. The van der Waals surface area contributed by atoms with Crippen molar-refractivity contribution in [2.24, 2.45) is 0 Å². The Balaban J connectivity index is 0.00000264. The molecule has 23 heavy (non-hydrogen) atoms. The quantitative estimate of drug-likeness (QED) is 0.698. The van der Waals surface area contributed by atoms with E-state index in [1.807, 2.05) is 35.2 Å². The number of benzene rings is 1. The Bertz CT molecular complexity index is 439. The second kappa shape index (κ2) is 11.3. The van der Waals surface area contributed by atoms with Crippen LogP contribution in [0.25, 0.3) is 0 Å². The van der Waals surface area contributed by atoms with E-state index in [1.54, 1.807) is 0 Å². The molecule has 1 aromatic rings. The summed E-state index contributed by atoms with van der Waals surface area (Å²) < 4.78 is 11.0. The summed E-state index contributed by atoms with van der Waals surface area (Å²) in [6.07, 6.45) is 2.00. The third kappa shape index (κ3) is 6.77. The first-order valence-corrected chi connectivity index (χ1v) is 8.07. The predicted octanol–water partition coefficient (Wildman–Crippen LogP) is 2.10. The van der Waals surface area contributed by atoms with Crippen molar-refractivity contribution < 1.29 is 14.3 Å². The molecule has 0 spiro atoms. The number of nitrogens with zero attached hydrogens (tertiary/aromatic N) is 1. The number of hydrogen-bond acceptors (Lipinski definition) is 4. The normalized spacial score (nSPS) is 16.7. The number of ether oxygens (including phenoxy) is 2. The smallest absolute Gasteiger partial charge is 0.248 e. The molecule has 130 valence electrons. The van der Waals surface area contributed by atoms with E-state index in [2.05, 4.69) is 12.2 Å². The van der Waals surface area contributed by atoms with Gasteiger partial charge in [-0.05, 0) is 31.5 Å². The Labute approximate surface area is 144 Å². The van der Waals surface area contributed by atoms with Gasteiger partial charge in [0.1, 0.15) is 19.0 Å². The van der Waals surface area contributed by atoms with Gasteiger partial charge in [-0.15, -0.1) is 12.4 Å². The first-order chi connectivity index (χ1) is 10.8. The molecule has 2 rings (SSSR count). The van der Waals surface area contributed by atoms with Gasteiger partial charge in [-0.3, -0.25) is 4.79 Å². The van der Waals surface area contributed by atoms with Crippen LogP contribution in [0.15, 0.2) is 30.3 Å². The molecule has 1 heterocycles. The minimum absolute atomic E-state index is 0. The molecule has 0 bridgehead atoms. The van der Waals surface area contributed by atoms with E-state index in [4.69, 9.17) is 9.47 Å². The number of carbonyl (C=O) groups excluding carboxylic acids is 1. The fraction of sp³-hybridized carbons (Fsp3) is 0.588. The molecule has 1 fully saturated rings. The van der Waals surface area contributed by atoms with Crippen molar-refractivity contribution in [3.8, 4) is 5.75 Å². The molecular formula is C17H27ClN2O3. The van der Waals surface area contributed by atoms with Gasteiger partial charge in [-0.25, -0.2) is 0 Å². The molecule has 0 saturated carbocycles. The van der Waals surface area contributed by atoms with Crippen LogP contribution in [0.4, 0.5) is 0 Å². The molecule has 0 aromatic heterocycles. The van der Waals surface area contributed by atoms with Crippen molar-refractivity contribution in [3.63, 3.8) is 0 Å².